The zero-order chi connectivity index (χ0) is 15.8. The molecule has 1 aromatic heterocycles. The first kappa shape index (κ1) is 16.0. The number of alkyl halides is 4. The number of aromatic nitrogens is 1. The lowest BCUT2D eigenvalue weighted by atomic mass is 9.77. The van der Waals surface area contributed by atoms with E-state index in [0.717, 1.165) is 19.2 Å². The monoisotopic (exact) mass is 309 g/mol. The summed E-state index contributed by atoms with van der Waals surface area (Å²) in [7, 11) is 0. The molecule has 1 aromatic rings. The van der Waals surface area contributed by atoms with Gasteiger partial charge in [0.05, 0.1) is 5.69 Å². The lowest BCUT2D eigenvalue weighted by molar-refractivity contribution is -0.189. The third kappa shape index (κ3) is 3.26. The number of rotatable bonds is 4. The highest BCUT2D eigenvalue weighted by Crippen LogP contribution is 2.48. The van der Waals surface area contributed by atoms with Gasteiger partial charge in [0.2, 0.25) is 0 Å². The van der Waals surface area contributed by atoms with E-state index in [0.29, 0.717) is 6.42 Å². The Labute approximate surface area is 118 Å². The number of hydrogen-bond acceptors (Lipinski definition) is 4. The van der Waals surface area contributed by atoms with E-state index in [9.17, 15) is 17.6 Å². The van der Waals surface area contributed by atoms with E-state index in [1.807, 2.05) is 0 Å². The predicted molar refractivity (Wildman–Crippen MR) is 64.2 cm³/mol. The van der Waals surface area contributed by atoms with Gasteiger partial charge in [-0.1, -0.05) is 0 Å². The maximum Gasteiger partial charge on any atom is 0.425 e. The molecule has 0 amide bonds. The molecule has 0 radical (unpaired) electrons. The summed E-state index contributed by atoms with van der Waals surface area (Å²) in [6.07, 6.45) is -6.76. The summed E-state index contributed by atoms with van der Waals surface area (Å²) in [5.41, 5.74) is -2.16. The molecule has 1 fully saturated rings. The van der Waals surface area contributed by atoms with Crippen LogP contribution in [0.3, 0.4) is 0 Å². The highest BCUT2D eigenvalue weighted by atomic mass is 19.4. The summed E-state index contributed by atoms with van der Waals surface area (Å²) >= 11 is 0. The Bertz CT molecular complexity index is 515. The number of nitrogens with zero attached hydrogens (tertiary/aromatic N) is 1. The lowest BCUT2D eigenvalue weighted by Crippen LogP contribution is -2.34. The molecule has 1 heterocycles. The van der Waals surface area contributed by atoms with E-state index in [1.165, 1.54) is 0 Å². The Balaban J connectivity index is 2.37. The van der Waals surface area contributed by atoms with E-state index >= 15 is 0 Å². The maximum atomic E-state index is 14.5. The van der Waals surface area contributed by atoms with Crippen molar-refractivity contribution >= 4 is 0 Å². The van der Waals surface area contributed by atoms with Crippen molar-refractivity contribution in [1.82, 2.24) is 4.98 Å². The van der Waals surface area contributed by atoms with Gasteiger partial charge in [0, 0.05) is 17.8 Å². The van der Waals surface area contributed by atoms with Crippen LogP contribution in [0, 0.1) is 0 Å². The van der Waals surface area contributed by atoms with E-state index in [4.69, 9.17) is 14.9 Å². The van der Waals surface area contributed by atoms with E-state index in [2.05, 4.69) is 4.98 Å². The van der Waals surface area contributed by atoms with Crippen LogP contribution in [-0.4, -0.2) is 27.5 Å². The van der Waals surface area contributed by atoms with Crippen LogP contribution in [0.25, 0.3) is 0 Å². The van der Waals surface area contributed by atoms with Crippen LogP contribution in [0.5, 0.6) is 5.75 Å². The van der Waals surface area contributed by atoms with E-state index < -0.39 is 24.2 Å². The first-order valence-electron chi connectivity index (χ1n) is 6.42. The highest BCUT2D eigenvalue weighted by Gasteiger charge is 2.44. The minimum absolute atomic E-state index is 0.0887. The molecule has 21 heavy (non-hydrogen) atoms. The predicted octanol–water partition coefficient (Wildman–Crippen LogP) is 2.74. The summed E-state index contributed by atoms with van der Waals surface area (Å²) < 4.78 is 57.0. The maximum absolute atomic E-state index is 14.5. The van der Waals surface area contributed by atoms with Crippen LogP contribution in [0.15, 0.2) is 12.3 Å². The fourth-order valence-electron chi connectivity index (χ4n) is 2.04. The molecule has 4 nitrogen and oxygen atoms in total. The van der Waals surface area contributed by atoms with Crippen molar-refractivity contribution in [2.75, 3.05) is 0 Å². The molecular formula is C13H15F4NO3. The second-order valence-electron chi connectivity index (χ2n) is 5.10. The fraction of sp³-hybridized carbons (Fsp3) is 0.615. The first-order chi connectivity index (χ1) is 9.63. The van der Waals surface area contributed by atoms with Crippen molar-refractivity contribution in [1.29, 1.82) is 0 Å². The molecule has 1 aliphatic rings. The van der Waals surface area contributed by atoms with Crippen LogP contribution < -0.4 is 4.74 Å². The van der Waals surface area contributed by atoms with Gasteiger partial charge in [0.25, 0.3) is 0 Å². The average Bonchev–Trinajstić information content (AvgIpc) is 2.34. The molecule has 0 aliphatic heterocycles. The van der Waals surface area contributed by atoms with Crippen LogP contribution >= 0.6 is 0 Å². The van der Waals surface area contributed by atoms with Gasteiger partial charge in [-0.3, -0.25) is 4.98 Å². The normalized spacial score (nSPS) is 19.2. The van der Waals surface area contributed by atoms with Gasteiger partial charge in [0.1, 0.15) is 11.4 Å². The van der Waals surface area contributed by atoms with Crippen molar-refractivity contribution in [2.24, 2.45) is 0 Å². The number of halogens is 4. The largest absolute Gasteiger partial charge is 0.481 e. The first-order valence-corrected chi connectivity index (χ1v) is 6.42. The molecule has 1 saturated carbocycles. The van der Waals surface area contributed by atoms with E-state index in [-0.39, 0.29) is 29.8 Å². The van der Waals surface area contributed by atoms with Crippen LogP contribution in [0.4, 0.5) is 17.6 Å². The third-order valence-corrected chi connectivity index (χ3v) is 3.55. The molecular weight excluding hydrogens is 294 g/mol. The zero-order valence-electron chi connectivity index (χ0n) is 11.2. The number of hydrogen-bond donors (Lipinski definition) is 2. The van der Waals surface area contributed by atoms with Crippen molar-refractivity contribution in [3.8, 4) is 5.75 Å². The van der Waals surface area contributed by atoms with Crippen molar-refractivity contribution in [2.45, 2.75) is 50.4 Å². The Kier molecular flexibility index (Phi) is 4.12. The van der Waals surface area contributed by atoms with E-state index in [1.54, 1.807) is 0 Å². The van der Waals surface area contributed by atoms with Crippen molar-refractivity contribution in [3.05, 3.63) is 23.5 Å². The smallest absolute Gasteiger partial charge is 0.425 e. The molecule has 8 heteroatoms. The van der Waals surface area contributed by atoms with Gasteiger partial charge in [-0.05, 0) is 26.2 Å². The lowest BCUT2D eigenvalue weighted by Gasteiger charge is -2.35. The summed E-state index contributed by atoms with van der Waals surface area (Å²) in [6, 6.07) is 0.932. The van der Waals surface area contributed by atoms with Crippen LogP contribution in [0.2, 0.25) is 0 Å². The highest BCUT2D eigenvalue weighted by molar-refractivity contribution is 5.39. The Hall–Kier alpha value is -1.41. The number of aliphatic hydroxyl groups excluding tert-OH is 1. The molecule has 1 atom stereocenters. The zero-order valence-corrected chi connectivity index (χ0v) is 11.2. The summed E-state index contributed by atoms with van der Waals surface area (Å²) in [4.78, 5) is 3.66. The average molecular weight is 309 g/mol. The second kappa shape index (κ2) is 5.42. The van der Waals surface area contributed by atoms with Gasteiger partial charge in [0.15, 0.2) is 12.4 Å². The van der Waals surface area contributed by atoms with Crippen molar-refractivity contribution < 1.29 is 32.5 Å². The van der Waals surface area contributed by atoms with Crippen LogP contribution in [-0.2, 0) is 5.67 Å². The molecule has 1 unspecified atom stereocenters. The van der Waals surface area contributed by atoms with Crippen LogP contribution in [0.1, 0.15) is 43.7 Å². The van der Waals surface area contributed by atoms with Gasteiger partial charge in [-0.25, -0.2) is 4.39 Å². The van der Waals surface area contributed by atoms with Gasteiger partial charge in [-0.15, -0.1) is 0 Å². The molecule has 2 N–H and O–H groups in total. The molecule has 0 bridgehead atoms. The molecule has 0 aromatic carbocycles. The van der Waals surface area contributed by atoms with Gasteiger partial charge < -0.3 is 14.9 Å². The second-order valence-corrected chi connectivity index (χ2v) is 5.10. The summed E-state index contributed by atoms with van der Waals surface area (Å²) in [6.45, 7) is 0.797. The quantitative estimate of drug-likeness (QED) is 0.663. The minimum atomic E-state index is -4.61. The fourth-order valence-corrected chi connectivity index (χ4v) is 2.04. The number of pyridine rings is 1. The molecule has 0 saturated heterocycles. The summed E-state index contributed by atoms with van der Waals surface area (Å²) in [5, 5.41) is 18.1. The number of aliphatic hydroxyl groups is 2. The van der Waals surface area contributed by atoms with Gasteiger partial charge >= 0.3 is 6.18 Å². The van der Waals surface area contributed by atoms with Gasteiger partial charge in [-0.2, -0.15) is 13.2 Å². The Morgan fingerprint density at radius 3 is 2.38 bits per heavy atom. The number of ether oxygens (including phenoxy) is 1. The standard InChI is InChI=1S/C13H15F4NO3/c1-7(13(15,16)17)21-10-5-9(11(19)20)18-6-8(10)12(14)3-2-4-12/h5-7,11,19-20H,2-4H2,1H3. The van der Waals surface area contributed by atoms with Crippen molar-refractivity contribution in [3.63, 3.8) is 0 Å². The molecule has 2 rings (SSSR count). The minimum Gasteiger partial charge on any atom is -0.481 e. The molecule has 118 valence electrons. The summed E-state index contributed by atoms with van der Waals surface area (Å²) in [5.74, 6) is -0.361. The molecule has 0 spiro atoms. The molecule has 1 aliphatic carbocycles. The Morgan fingerprint density at radius 1 is 1.33 bits per heavy atom. The topological polar surface area (TPSA) is 62.6 Å². The Morgan fingerprint density at radius 2 is 1.95 bits per heavy atom. The SMILES string of the molecule is CC(Oc1cc(C(O)O)ncc1C1(F)CCC1)C(F)(F)F. The third-order valence-electron chi connectivity index (χ3n) is 3.55.